The van der Waals surface area contributed by atoms with Crippen LogP contribution < -0.4 is 11.1 Å². The molecule has 3 rings (SSSR count). The molecule has 0 radical (unpaired) electrons. The van der Waals surface area contributed by atoms with Gasteiger partial charge in [-0.3, -0.25) is 0 Å². The van der Waals surface area contributed by atoms with Crippen molar-refractivity contribution in [3.63, 3.8) is 0 Å². The van der Waals surface area contributed by atoms with E-state index in [0.29, 0.717) is 6.04 Å². The number of fused-ring (bicyclic) bond motifs is 1. The number of hydrogen-bond donors (Lipinski definition) is 2. The molecule has 0 aliphatic heterocycles. The number of nitrogens with zero attached hydrogens (tertiary/aromatic N) is 1. The lowest BCUT2D eigenvalue weighted by molar-refractivity contribution is 0.601. The third-order valence-electron chi connectivity index (χ3n) is 3.25. The molecule has 0 saturated heterocycles. The maximum absolute atomic E-state index is 6.02. The Morgan fingerprint density at radius 3 is 3.12 bits per heavy atom. The lowest BCUT2D eigenvalue weighted by Gasteiger charge is -2.18. The normalized spacial score (nSPS) is 25.1. The molecule has 0 spiro atoms. The monoisotopic (exact) mass is 217 g/mol. The number of aromatic nitrogens is 1. The van der Waals surface area contributed by atoms with Crippen molar-refractivity contribution in [2.45, 2.75) is 31.3 Å². The average molecular weight is 217 g/mol. The molecule has 4 nitrogen and oxygen atoms in total. The number of nitrogens with one attached hydrogen (secondary N) is 1. The molecule has 3 N–H and O–H groups in total. The molecular formula is C12H15N3O. The predicted octanol–water partition coefficient (Wildman–Crippen LogP) is 2.12. The second kappa shape index (κ2) is 3.79. The Morgan fingerprint density at radius 1 is 1.38 bits per heavy atom. The largest absolute Gasteiger partial charge is 0.443 e. The molecule has 1 aliphatic rings. The zero-order valence-corrected chi connectivity index (χ0v) is 9.02. The molecule has 4 heteroatoms. The zero-order chi connectivity index (χ0) is 11.0. The van der Waals surface area contributed by atoms with Crippen LogP contribution in [-0.4, -0.2) is 17.1 Å². The molecule has 16 heavy (non-hydrogen) atoms. The van der Waals surface area contributed by atoms with Crippen molar-refractivity contribution in [3.8, 4) is 0 Å². The number of anilines is 1. The minimum absolute atomic E-state index is 0.269. The van der Waals surface area contributed by atoms with Crippen molar-refractivity contribution in [3.05, 3.63) is 24.6 Å². The molecule has 2 aromatic rings. The predicted molar refractivity (Wildman–Crippen MR) is 63.2 cm³/mol. The fourth-order valence-corrected chi connectivity index (χ4v) is 2.33. The van der Waals surface area contributed by atoms with Gasteiger partial charge in [-0.2, -0.15) is 0 Å². The Kier molecular flexibility index (Phi) is 2.29. The molecule has 84 valence electrons. The van der Waals surface area contributed by atoms with E-state index >= 15 is 0 Å². The van der Waals surface area contributed by atoms with Gasteiger partial charge in [0.1, 0.15) is 5.52 Å². The highest BCUT2D eigenvalue weighted by Crippen LogP contribution is 2.24. The minimum atomic E-state index is 0.269. The molecule has 1 aromatic heterocycles. The van der Waals surface area contributed by atoms with E-state index in [-0.39, 0.29) is 6.04 Å². The summed E-state index contributed by atoms with van der Waals surface area (Å²) in [6, 6.07) is 6.62. The van der Waals surface area contributed by atoms with Gasteiger partial charge in [0.05, 0.1) is 0 Å². The lowest BCUT2D eigenvalue weighted by Crippen LogP contribution is -2.35. The lowest BCUT2D eigenvalue weighted by atomic mass is 10.1. The third kappa shape index (κ3) is 1.65. The van der Waals surface area contributed by atoms with Crippen LogP contribution in [0.15, 0.2) is 29.0 Å². The van der Waals surface area contributed by atoms with Gasteiger partial charge in [-0.05, 0) is 31.4 Å². The summed E-state index contributed by atoms with van der Waals surface area (Å²) < 4.78 is 5.27. The number of rotatable bonds is 2. The average Bonchev–Trinajstić information content (AvgIpc) is 2.88. The van der Waals surface area contributed by atoms with Gasteiger partial charge in [0, 0.05) is 23.8 Å². The van der Waals surface area contributed by atoms with Gasteiger partial charge in [-0.25, -0.2) is 4.98 Å². The van der Waals surface area contributed by atoms with Crippen LogP contribution >= 0.6 is 0 Å². The van der Waals surface area contributed by atoms with Gasteiger partial charge >= 0.3 is 0 Å². The van der Waals surface area contributed by atoms with Crippen molar-refractivity contribution in [1.29, 1.82) is 0 Å². The molecule has 2 atom stereocenters. The maximum atomic E-state index is 6.02. The van der Waals surface area contributed by atoms with E-state index in [2.05, 4.69) is 10.3 Å². The first-order valence-corrected chi connectivity index (χ1v) is 5.68. The van der Waals surface area contributed by atoms with Gasteiger partial charge in [-0.1, -0.05) is 0 Å². The van der Waals surface area contributed by atoms with Crippen LogP contribution in [0.3, 0.4) is 0 Å². The molecule has 0 bridgehead atoms. The van der Waals surface area contributed by atoms with E-state index < -0.39 is 0 Å². The van der Waals surface area contributed by atoms with Crippen LogP contribution in [0.2, 0.25) is 0 Å². The first-order chi connectivity index (χ1) is 7.83. The molecule has 1 aromatic carbocycles. The quantitative estimate of drug-likeness (QED) is 0.808. The Labute approximate surface area is 93.8 Å². The second-order valence-electron chi connectivity index (χ2n) is 4.38. The zero-order valence-electron chi connectivity index (χ0n) is 9.02. The van der Waals surface area contributed by atoms with E-state index in [1.165, 1.54) is 12.8 Å². The van der Waals surface area contributed by atoms with E-state index in [0.717, 1.165) is 29.6 Å². The Morgan fingerprint density at radius 2 is 2.31 bits per heavy atom. The summed E-state index contributed by atoms with van der Waals surface area (Å²) in [5.41, 5.74) is 8.79. The minimum Gasteiger partial charge on any atom is -0.443 e. The van der Waals surface area contributed by atoms with Crippen molar-refractivity contribution in [2.24, 2.45) is 5.73 Å². The smallest absolute Gasteiger partial charge is 0.181 e. The Bertz CT molecular complexity index is 494. The summed E-state index contributed by atoms with van der Waals surface area (Å²) in [5, 5.41) is 3.46. The van der Waals surface area contributed by atoms with Crippen molar-refractivity contribution >= 4 is 16.8 Å². The molecule has 2 unspecified atom stereocenters. The van der Waals surface area contributed by atoms with Gasteiger partial charge in [0.2, 0.25) is 0 Å². The fraction of sp³-hybridized carbons (Fsp3) is 0.417. The third-order valence-corrected chi connectivity index (χ3v) is 3.25. The van der Waals surface area contributed by atoms with E-state index in [9.17, 15) is 0 Å². The Hall–Kier alpha value is -1.55. The number of benzene rings is 1. The number of hydrogen-bond acceptors (Lipinski definition) is 4. The summed E-state index contributed by atoms with van der Waals surface area (Å²) in [5.74, 6) is 0. The summed E-state index contributed by atoms with van der Waals surface area (Å²) in [7, 11) is 0. The molecule has 1 saturated carbocycles. The summed E-state index contributed by atoms with van der Waals surface area (Å²) in [4.78, 5) is 4.09. The number of nitrogens with two attached hydrogens (primary N) is 1. The highest BCUT2D eigenvalue weighted by Gasteiger charge is 2.23. The molecule has 1 heterocycles. The van der Waals surface area contributed by atoms with Gasteiger partial charge in [-0.15, -0.1) is 0 Å². The highest BCUT2D eigenvalue weighted by molar-refractivity contribution is 5.76. The van der Waals surface area contributed by atoms with Crippen molar-refractivity contribution in [2.75, 3.05) is 5.32 Å². The van der Waals surface area contributed by atoms with E-state index in [4.69, 9.17) is 10.2 Å². The number of oxazole rings is 1. The van der Waals surface area contributed by atoms with Gasteiger partial charge in [0.25, 0.3) is 0 Å². The summed E-state index contributed by atoms with van der Waals surface area (Å²) in [6.45, 7) is 0. The van der Waals surface area contributed by atoms with Crippen LogP contribution in [-0.2, 0) is 0 Å². The molecule has 0 amide bonds. The topological polar surface area (TPSA) is 64.1 Å². The van der Waals surface area contributed by atoms with E-state index in [1.807, 2.05) is 18.2 Å². The molecule has 1 fully saturated rings. The maximum Gasteiger partial charge on any atom is 0.181 e. The van der Waals surface area contributed by atoms with Crippen LogP contribution in [0.4, 0.5) is 5.69 Å². The standard InChI is InChI=1S/C12H15N3O/c13-9-2-1-3-10(9)15-8-4-5-11-12(6-8)16-7-14-11/h4-7,9-10,15H,1-3,13H2. The van der Waals surface area contributed by atoms with Crippen molar-refractivity contribution < 1.29 is 4.42 Å². The van der Waals surface area contributed by atoms with Crippen molar-refractivity contribution in [1.82, 2.24) is 4.98 Å². The van der Waals surface area contributed by atoms with Gasteiger partial charge < -0.3 is 15.5 Å². The highest BCUT2D eigenvalue weighted by atomic mass is 16.3. The molecule has 1 aliphatic carbocycles. The van der Waals surface area contributed by atoms with Crippen LogP contribution in [0.25, 0.3) is 11.1 Å². The van der Waals surface area contributed by atoms with Crippen LogP contribution in [0.5, 0.6) is 0 Å². The fourth-order valence-electron chi connectivity index (χ4n) is 2.33. The van der Waals surface area contributed by atoms with Crippen LogP contribution in [0, 0.1) is 0 Å². The first kappa shape index (κ1) is 9.66. The summed E-state index contributed by atoms with van der Waals surface area (Å²) >= 11 is 0. The summed E-state index contributed by atoms with van der Waals surface area (Å²) in [6.07, 6.45) is 4.94. The second-order valence-corrected chi connectivity index (χ2v) is 4.38. The van der Waals surface area contributed by atoms with Crippen LogP contribution in [0.1, 0.15) is 19.3 Å². The molecular weight excluding hydrogens is 202 g/mol. The Balaban J connectivity index is 1.83. The SMILES string of the molecule is NC1CCCC1Nc1ccc2ncoc2c1. The first-order valence-electron chi connectivity index (χ1n) is 5.68. The van der Waals surface area contributed by atoms with E-state index in [1.54, 1.807) is 0 Å². The van der Waals surface area contributed by atoms with Gasteiger partial charge in [0.15, 0.2) is 12.0 Å².